The minimum absolute atomic E-state index is 0.139. The number of anilines is 2. The summed E-state index contributed by atoms with van der Waals surface area (Å²) in [6, 6.07) is 23.9. The number of ether oxygens (including phenoxy) is 1. The summed E-state index contributed by atoms with van der Waals surface area (Å²) in [6.07, 6.45) is 0. The largest absolute Gasteiger partial charge is 0.508 e. The molecule has 6 nitrogen and oxygen atoms in total. The fourth-order valence-corrected chi connectivity index (χ4v) is 3.30. The van der Waals surface area contributed by atoms with Gasteiger partial charge in [0.2, 0.25) is 0 Å². The lowest BCUT2D eigenvalue weighted by Gasteiger charge is -2.36. The van der Waals surface area contributed by atoms with Crippen LogP contribution in [0.4, 0.5) is 16.2 Å². The van der Waals surface area contributed by atoms with Crippen molar-refractivity contribution in [2.45, 2.75) is 0 Å². The lowest BCUT2D eigenvalue weighted by Crippen LogP contribution is -2.50. The van der Waals surface area contributed by atoms with Gasteiger partial charge in [0.1, 0.15) is 11.5 Å². The summed E-state index contributed by atoms with van der Waals surface area (Å²) in [7, 11) is 0. The number of nitrogens with one attached hydrogen (secondary N) is 1. The molecule has 148 valence electrons. The lowest BCUT2D eigenvalue weighted by atomic mass is 10.2. The molecule has 6 heteroatoms. The number of phenolic OH excluding ortho intramolecular Hbond substituents is 1. The predicted octanol–water partition coefficient (Wildman–Crippen LogP) is 4.54. The van der Waals surface area contributed by atoms with Gasteiger partial charge in [-0.3, -0.25) is 0 Å². The molecule has 3 aromatic rings. The maximum Gasteiger partial charge on any atom is 0.322 e. The molecule has 0 radical (unpaired) electrons. The van der Waals surface area contributed by atoms with Gasteiger partial charge in [-0.05, 0) is 48.5 Å². The predicted molar refractivity (Wildman–Crippen MR) is 114 cm³/mol. The van der Waals surface area contributed by atoms with E-state index < -0.39 is 0 Å². The number of nitrogens with zero attached hydrogens (tertiary/aromatic N) is 2. The van der Waals surface area contributed by atoms with Gasteiger partial charge in [-0.2, -0.15) is 0 Å². The van der Waals surface area contributed by atoms with Crippen molar-refractivity contribution >= 4 is 17.4 Å². The highest BCUT2D eigenvalue weighted by Gasteiger charge is 2.22. The van der Waals surface area contributed by atoms with Crippen LogP contribution in [0.25, 0.3) is 0 Å². The number of carbonyl (C=O) groups is 1. The highest BCUT2D eigenvalue weighted by atomic mass is 16.5. The molecule has 0 unspecified atom stereocenters. The molecule has 0 atom stereocenters. The minimum Gasteiger partial charge on any atom is -0.508 e. The normalized spacial score (nSPS) is 13.8. The molecule has 0 spiro atoms. The number of para-hydroxylation sites is 3. The SMILES string of the molecule is O=C(Nc1ccccc1Oc1ccccc1)N1CCN(c2ccc(O)cc2)CC1. The number of amides is 2. The van der Waals surface area contributed by atoms with Crippen molar-refractivity contribution in [2.24, 2.45) is 0 Å². The third kappa shape index (κ3) is 4.60. The Labute approximate surface area is 170 Å². The molecule has 0 aliphatic carbocycles. The van der Waals surface area contributed by atoms with Gasteiger partial charge in [0.05, 0.1) is 5.69 Å². The van der Waals surface area contributed by atoms with Gasteiger partial charge < -0.3 is 25.0 Å². The molecular weight excluding hydrogens is 366 g/mol. The molecule has 2 amide bonds. The summed E-state index contributed by atoms with van der Waals surface area (Å²) in [4.78, 5) is 16.8. The zero-order chi connectivity index (χ0) is 20.1. The first-order valence-corrected chi connectivity index (χ1v) is 9.61. The molecule has 3 aromatic carbocycles. The van der Waals surface area contributed by atoms with Crippen molar-refractivity contribution in [1.29, 1.82) is 0 Å². The van der Waals surface area contributed by atoms with Crippen LogP contribution in [0, 0.1) is 0 Å². The highest BCUT2D eigenvalue weighted by Crippen LogP contribution is 2.29. The van der Waals surface area contributed by atoms with Crippen LogP contribution in [0.5, 0.6) is 17.2 Å². The zero-order valence-corrected chi connectivity index (χ0v) is 16.0. The number of rotatable bonds is 4. The van der Waals surface area contributed by atoms with Gasteiger partial charge >= 0.3 is 6.03 Å². The van der Waals surface area contributed by atoms with Crippen LogP contribution < -0.4 is 15.0 Å². The quantitative estimate of drug-likeness (QED) is 0.688. The van der Waals surface area contributed by atoms with E-state index in [0.717, 1.165) is 24.5 Å². The molecule has 0 aromatic heterocycles. The third-order valence-corrected chi connectivity index (χ3v) is 4.88. The monoisotopic (exact) mass is 389 g/mol. The summed E-state index contributed by atoms with van der Waals surface area (Å²) >= 11 is 0. The Bertz CT molecular complexity index is 953. The van der Waals surface area contributed by atoms with Crippen molar-refractivity contribution in [3.05, 3.63) is 78.9 Å². The van der Waals surface area contributed by atoms with Crippen molar-refractivity contribution in [3.63, 3.8) is 0 Å². The van der Waals surface area contributed by atoms with Gasteiger partial charge in [0.15, 0.2) is 5.75 Å². The van der Waals surface area contributed by atoms with E-state index in [1.165, 1.54) is 0 Å². The highest BCUT2D eigenvalue weighted by molar-refractivity contribution is 5.91. The van der Waals surface area contributed by atoms with Crippen molar-refractivity contribution in [2.75, 3.05) is 36.4 Å². The first kappa shape index (κ1) is 18.7. The molecular formula is C23H23N3O3. The number of phenols is 1. The summed E-state index contributed by atoms with van der Waals surface area (Å²) in [6.45, 7) is 2.71. The second-order valence-electron chi connectivity index (χ2n) is 6.83. The fourth-order valence-electron chi connectivity index (χ4n) is 3.30. The second-order valence-corrected chi connectivity index (χ2v) is 6.83. The Hall–Kier alpha value is -3.67. The molecule has 1 saturated heterocycles. The van der Waals surface area contributed by atoms with Crippen LogP contribution >= 0.6 is 0 Å². The maximum absolute atomic E-state index is 12.8. The Morgan fingerprint density at radius 1 is 0.828 bits per heavy atom. The van der Waals surface area contributed by atoms with E-state index >= 15 is 0 Å². The Kier molecular flexibility index (Phi) is 5.52. The van der Waals surface area contributed by atoms with E-state index in [1.54, 1.807) is 17.0 Å². The van der Waals surface area contributed by atoms with Crippen LogP contribution in [0.1, 0.15) is 0 Å². The molecule has 0 saturated carbocycles. The Morgan fingerprint density at radius 2 is 1.48 bits per heavy atom. The van der Waals surface area contributed by atoms with E-state index in [-0.39, 0.29) is 11.8 Å². The third-order valence-electron chi connectivity index (χ3n) is 4.88. The molecule has 1 heterocycles. The van der Waals surface area contributed by atoms with Crippen LogP contribution in [0.15, 0.2) is 78.9 Å². The van der Waals surface area contributed by atoms with Crippen LogP contribution in [-0.2, 0) is 0 Å². The van der Waals surface area contributed by atoms with Crippen molar-refractivity contribution in [3.8, 4) is 17.2 Å². The van der Waals surface area contributed by atoms with E-state index in [9.17, 15) is 9.90 Å². The summed E-state index contributed by atoms with van der Waals surface area (Å²) < 4.78 is 5.92. The number of hydrogen-bond acceptors (Lipinski definition) is 4. The minimum atomic E-state index is -0.139. The van der Waals surface area contributed by atoms with Gasteiger partial charge in [0.25, 0.3) is 0 Å². The topological polar surface area (TPSA) is 65.0 Å². The van der Waals surface area contributed by atoms with Gasteiger partial charge in [-0.1, -0.05) is 30.3 Å². The summed E-state index contributed by atoms with van der Waals surface area (Å²) in [5.74, 6) is 1.58. The molecule has 4 rings (SSSR count). The van der Waals surface area contributed by atoms with Crippen LogP contribution in [0.3, 0.4) is 0 Å². The van der Waals surface area contributed by atoms with Crippen molar-refractivity contribution < 1.29 is 14.6 Å². The first-order valence-electron chi connectivity index (χ1n) is 9.61. The second kappa shape index (κ2) is 8.56. The van der Waals surface area contributed by atoms with E-state index in [2.05, 4.69) is 10.2 Å². The van der Waals surface area contributed by atoms with E-state index in [4.69, 9.17) is 4.74 Å². The molecule has 0 bridgehead atoms. The fraction of sp³-hybridized carbons (Fsp3) is 0.174. The smallest absolute Gasteiger partial charge is 0.322 e. The van der Waals surface area contributed by atoms with Gasteiger partial charge in [-0.25, -0.2) is 4.79 Å². The number of hydrogen-bond donors (Lipinski definition) is 2. The average Bonchev–Trinajstić information content (AvgIpc) is 2.76. The number of aromatic hydroxyl groups is 1. The molecule has 29 heavy (non-hydrogen) atoms. The standard InChI is InChI=1S/C23H23N3O3/c27-19-12-10-18(11-13-19)25-14-16-26(17-15-25)23(28)24-21-8-4-5-9-22(21)29-20-6-2-1-3-7-20/h1-13,27H,14-17H2,(H,24,28). The van der Waals surface area contributed by atoms with E-state index in [0.29, 0.717) is 24.5 Å². The molecule has 1 fully saturated rings. The number of carbonyl (C=O) groups excluding carboxylic acids is 1. The maximum atomic E-state index is 12.8. The average molecular weight is 389 g/mol. The van der Waals surface area contributed by atoms with Gasteiger partial charge in [0, 0.05) is 31.9 Å². The Morgan fingerprint density at radius 3 is 2.21 bits per heavy atom. The number of benzene rings is 3. The van der Waals surface area contributed by atoms with Crippen LogP contribution in [0.2, 0.25) is 0 Å². The molecule has 1 aliphatic heterocycles. The van der Waals surface area contributed by atoms with Crippen molar-refractivity contribution in [1.82, 2.24) is 4.90 Å². The number of urea groups is 1. The molecule has 2 N–H and O–H groups in total. The lowest BCUT2D eigenvalue weighted by molar-refractivity contribution is 0.208. The van der Waals surface area contributed by atoms with Crippen LogP contribution in [-0.4, -0.2) is 42.2 Å². The first-order chi connectivity index (χ1) is 14.2. The molecule has 1 aliphatic rings. The van der Waals surface area contributed by atoms with Gasteiger partial charge in [-0.15, -0.1) is 0 Å². The Balaban J connectivity index is 1.37. The van der Waals surface area contributed by atoms with E-state index in [1.807, 2.05) is 66.7 Å². The number of piperazine rings is 1. The summed E-state index contributed by atoms with van der Waals surface area (Å²) in [5, 5.41) is 12.4. The summed E-state index contributed by atoms with van der Waals surface area (Å²) in [5.41, 5.74) is 1.69. The zero-order valence-electron chi connectivity index (χ0n) is 16.0.